The van der Waals surface area contributed by atoms with Gasteiger partial charge in [0.15, 0.2) is 0 Å². The SMILES string of the molecule is CCC(C)CC(O)(CC(=O)[O-])C[N+](C)(C)C. The maximum absolute atomic E-state index is 10.7. The number of aliphatic carboxylic acids is 1. The number of carbonyl (C=O) groups is 1. The summed E-state index contributed by atoms with van der Waals surface area (Å²) in [4.78, 5) is 10.7. The molecule has 0 saturated heterocycles. The summed E-state index contributed by atoms with van der Waals surface area (Å²) in [5, 5.41) is 21.1. The molecule has 0 bridgehead atoms. The van der Waals surface area contributed by atoms with E-state index >= 15 is 0 Å². The second-order valence-corrected chi connectivity index (χ2v) is 5.94. The molecule has 0 aliphatic heterocycles. The molecule has 0 heterocycles. The largest absolute Gasteiger partial charge is 0.550 e. The van der Waals surface area contributed by atoms with Gasteiger partial charge in [-0.25, -0.2) is 0 Å². The Hall–Kier alpha value is -0.610. The zero-order valence-electron chi connectivity index (χ0n) is 11.1. The van der Waals surface area contributed by atoms with Gasteiger partial charge in [-0.15, -0.1) is 0 Å². The number of carbonyl (C=O) groups excluding carboxylic acids is 1. The highest BCUT2D eigenvalue weighted by Gasteiger charge is 2.34. The molecule has 4 heteroatoms. The minimum atomic E-state index is -1.18. The van der Waals surface area contributed by atoms with Crippen LogP contribution in [0.25, 0.3) is 0 Å². The van der Waals surface area contributed by atoms with Crippen LogP contribution in [-0.2, 0) is 4.79 Å². The fourth-order valence-electron chi connectivity index (χ4n) is 2.14. The van der Waals surface area contributed by atoms with E-state index in [1.54, 1.807) is 0 Å². The maximum Gasteiger partial charge on any atom is 0.119 e. The molecule has 0 amide bonds. The van der Waals surface area contributed by atoms with Gasteiger partial charge in [-0.1, -0.05) is 20.3 Å². The van der Waals surface area contributed by atoms with Gasteiger partial charge in [-0.3, -0.25) is 0 Å². The molecule has 4 nitrogen and oxygen atoms in total. The molecule has 0 aromatic carbocycles. The lowest BCUT2D eigenvalue weighted by atomic mass is 9.86. The van der Waals surface area contributed by atoms with E-state index in [9.17, 15) is 15.0 Å². The lowest BCUT2D eigenvalue weighted by molar-refractivity contribution is -0.877. The Bertz CT molecular complexity index is 235. The van der Waals surface area contributed by atoms with Crippen molar-refractivity contribution >= 4 is 5.97 Å². The van der Waals surface area contributed by atoms with Gasteiger partial charge in [0.25, 0.3) is 0 Å². The number of quaternary nitrogens is 1. The molecule has 0 aromatic heterocycles. The fourth-order valence-corrected chi connectivity index (χ4v) is 2.14. The summed E-state index contributed by atoms with van der Waals surface area (Å²) in [6.45, 7) is 4.48. The number of nitrogens with zero attached hydrogens (tertiary/aromatic N) is 1. The first kappa shape index (κ1) is 15.4. The first-order valence-electron chi connectivity index (χ1n) is 5.80. The Labute approximate surface area is 98.5 Å². The minimum absolute atomic E-state index is 0.285. The Balaban J connectivity index is 4.67. The maximum atomic E-state index is 10.7. The second-order valence-electron chi connectivity index (χ2n) is 5.94. The molecule has 0 rings (SSSR count). The van der Waals surface area contributed by atoms with Crippen LogP contribution in [0.4, 0.5) is 0 Å². The molecular weight excluding hydrogens is 206 g/mol. The Morgan fingerprint density at radius 1 is 1.44 bits per heavy atom. The van der Waals surface area contributed by atoms with Crippen molar-refractivity contribution < 1.29 is 19.5 Å². The van der Waals surface area contributed by atoms with E-state index in [2.05, 4.69) is 0 Å². The van der Waals surface area contributed by atoms with Crippen LogP contribution in [0.2, 0.25) is 0 Å². The van der Waals surface area contributed by atoms with Gasteiger partial charge in [0.05, 0.1) is 21.1 Å². The van der Waals surface area contributed by atoms with Crippen molar-refractivity contribution in [3.8, 4) is 0 Å². The number of hydrogen-bond acceptors (Lipinski definition) is 3. The van der Waals surface area contributed by atoms with E-state index in [1.807, 2.05) is 35.0 Å². The third-order valence-electron chi connectivity index (χ3n) is 2.67. The quantitative estimate of drug-likeness (QED) is 0.627. The van der Waals surface area contributed by atoms with Crippen molar-refractivity contribution in [1.29, 1.82) is 0 Å². The zero-order chi connectivity index (χ0) is 13.0. The molecule has 0 fully saturated rings. The average Bonchev–Trinajstić information content (AvgIpc) is 1.97. The number of carboxylic acid groups (broad SMARTS) is 1. The number of likely N-dealkylation sites (N-methyl/N-ethyl adjacent to an activating group) is 1. The van der Waals surface area contributed by atoms with Gasteiger partial charge in [0.1, 0.15) is 12.1 Å². The summed E-state index contributed by atoms with van der Waals surface area (Å²) in [5.74, 6) is -0.866. The molecule has 0 aromatic rings. The predicted molar refractivity (Wildman–Crippen MR) is 61.5 cm³/mol. The second kappa shape index (κ2) is 5.64. The molecule has 1 N–H and O–H groups in total. The summed E-state index contributed by atoms with van der Waals surface area (Å²) in [5.41, 5.74) is -1.16. The van der Waals surface area contributed by atoms with Crippen LogP contribution >= 0.6 is 0 Å². The third-order valence-corrected chi connectivity index (χ3v) is 2.67. The number of aliphatic hydroxyl groups is 1. The molecule has 0 saturated carbocycles. The average molecular weight is 231 g/mol. The molecule has 96 valence electrons. The summed E-state index contributed by atoms with van der Waals surface area (Å²) in [6.07, 6.45) is 1.16. The number of hydrogen-bond donors (Lipinski definition) is 1. The molecule has 0 aliphatic carbocycles. The highest BCUT2D eigenvalue weighted by molar-refractivity contribution is 5.65. The van der Waals surface area contributed by atoms with Crippen molar-refractivity contribution in [2.24, 2.45) is 5.92 Å². The number of carboxylic acids is 1. The van der Waals surface area contributed by atoms with Gasteiger partial charge in [-0.05, 0) is 12.3 Å². The molecule has 2 unspecified atom stereocenters. The highest BCUT2D eigenvalue weighted by Crippen LogP contribution is 2.24. The van der Waals surface area contributed by atoms with Crippen LogP contribution in [0.15, 0.2) is 0 Å². The number of rotatable bonds is 7. The van der Waals surface area contributed by atoms with Crippen LogP contribution in [0.3, 0.4) is 0 Å². The van der Waals surface area contributed by atoms with E-state index in [1.165, 1.54) is 0 Å². The minimum Gasteiger partial charge on any atom is -0.550 e. The zero-order valence-corrected chi connectivity index (χ0v) is 11.1. The van der Waals surface area contributed by atoms with E-state index in [4.69, 9.17) is 0 Å². The Morgan fingerprint density at radius 3 is 2.25 bits per heavy atom. The van der Waals surface area contributed by atoms with Crippen molar-refractivity contribution in [1.82, 2.24) is 0 Å². The summed E-state index contributed by atoms with van der Waals surface area (Å²) in [6, 6.07) is 0. The van der Waals surface area contributed by atoms with Crippen LogP contribution < -0.4 is 5.11 Å². The molecule has 0 radical (unpaired) electrons. The van der Waals surface area contributed by atoms with E-state index in [0.717, 1.165) is 6.42 Å². The highest BCUT2D eigenvalue weighted by atomic mass is 16.4. The van der Waals surface area contributed by atoms with Crippen LogP contribution in [0.5, 0.6) is 0 Å². The first-order valence-corrected chi connectivity index (χ1v) is 5.80. The monoisotopic (exact) mass is 231 g/mol. The van der Waals surface area contributed by atoms with Crippen LogP contribution in [0, 0.1) is 5.92 Å². The summed E-state index contributed by atoms with van der Waals surface area (Å²) >= 11 is 0. The predicted octanol–water partition coefficient (Wildman–Crippen LogP) is -0.0001000. The lowest BCUT2D eigenvalue weighted by Crippen LogP contribution is -2.52. The molecule has 16 heavy (non-hydrogen) atoms. The smallest absolute Gasteiger partial charge is 0.119 e. The Morgan fingerprint density at radius 2 is 1.94 bits per heavy atom. The van der Waals surface area contributed by atoms with Crippen molar-refractivity contribution in [3.05, 3.63) is 0 Å². The fraction of sp³-hybridized carbons (Fsp3) is 0.917. The van der Waals surface area contributed by atoms with Gasteiger partial charge < -0.3 is 19.5 Å². The van der Waals surface area contributed by atoms with Gasteiger partial charge in [0, 0.05) is 12.4 Å². The molecule has 0 spiro atoms. The van der Waals surface area contributed by atoms with Gasteiger partial charge >= 0.3 is 0 Å². The van der Waals surface area contributed by atoms with E-state index < -0.39 is 11.6 Å². The van der Waals surface area contributed by atoms with Gasteiger partial charge in [-0.2, -0.15) is 0 Å². The molecule has 2 atom stereocenters. The first-order chi connectivity index (χ1) is 7.08. The summed E-state index contributed by atoms with van der Waals surface area (Å²) in [7, 11) is 5.82. The van der Waals surface area contributed by atoms with Crippen molar-refractivity contribution in [2.75, 3.05) is 27.7 Å². The van der Waals surface area contributed by atoms with Crippen molar-refractivity contribution in [3.63, 3.8) is 0 Å². The standard InChI is InChI=1S/C12H25NO3/c1-6-10(2)7-12(16,8-11(14)15)9-13(3,4)5/h10,16H,6-9H2,1-5H3. The topological polar surface area (TPSA) is 60.4 Å². The third kappa shape index (κ3) is 6.80. The van der Waals surface area contributed by atoms with Crippen molar-refractivity contribution in [2.45, 2.75) is 38.7 Å². The Kier molecular flexibility index (Phi) is 5.42. The van der Waals surface area contributed by atoms with E-state index in [0.29, 0.717) is 23.4 Å². The molecule has 0 aliphatic rings. The normalized spacial score (nSPS) is 17.9. The molecular formula is C12H25NO3. The van der Waals surface area contributed by atoms with Crippen LogP contribution in [0.1, 0.15) is 33.1 Å². The van der Waals surface area contributed by atoms with E-state index in [-0.39, 0.29) is 6.42 Å². The van der Waals surface area contributed by atoms with Gasteiger partial charge in [0.2, 0.25) is 0 Å². The summed E-state index contributed by atoms with van der Waals surface area (Å²) < 4.78 is 0.542. The van der Waals surface area contributed by atoms with Crippen LogP contribution in [-0.4, -0.2) is 48.8 Å². The lowest BCUT2D eigenvalue weighted by Gasteiger charge is -2.37.